The fourth-order valence-electron chi connectivity index (χ4n) is 2.51. The zero-order valence-corrected chi connectivity index (χ0v) is 12.6. The Labute approximate surface area is 80.4 Å². The van der Waals surface area contributed by atoms with E-state index in [0.717, 1.165) is 0 Å². The summed E-state index contributed by atoms with van der Waals surface area (Å²) >= 11 is 0. The van der Waals surface area contributed by atoms with Crippen molar-refractivity contribution in [2.75, 3.05) is 0 Å². The molecule has 0 unspecified atom stereocenters. The summed E-state index contributed by atoms with van der Waals surface area (Å²) in [5.41, 5.74) is 0. The summed E-state index contributed by atoms with van der Waals surface area (Å²) in [5, 5.41) is 0. The fourth-order valence-corrected chi connectivity index (χ4v) is 37.1. The number of rotatable bonds is 0. The summed E-state index contributed by atoms with van der Waals surface area (Å²) in [5.74, 6) is 0. The van der Waals surface area contributed by atoms with Gasteiger partial charge in [-0.15, -0.1) is 0 Å². The van der Waals surface area contributed by atoms with E-state index in [4.69, 9.17) is 0 Å². The Kier molecular flexibility index (Phi) is 2.52. The molecule has 12 heavy (non-hydrogen) atoms. The highest BCUT2D eigenvalue weighted by Crippen LogP contribution is 2.40. The maximum absolute atomic E-state index is 2.70. The Bertz CT molecular complexity index is 164. The molecule has 1 heterocycles. The molecule has 0 aromatic rings. The average molecular weight is 217 g/mol. The summed E-state index contributed by atoms with van der Waals surface area (Å²) < 4.78 is 0. The van der Waals surface area contributed by atoms with Gasteiger partial charge in [-0.05, 0) is 0 Å². The van der Waals surface area contributed by atoms with Gasteiger partial charge in [0.1, 0.15) is 0 Å². The van der Waals surface area contributed by atoms with Crippen molar-refractivity contribution in [2.45, 2.75) is 57.8 Å². The van der Waals surface area contributed by atoms with Crippen LogP contribution in [0.25, 0.3) is 0 Å². The molecule has 0 spiro atoms. The Morgan fingerprint density at radius 2 is 1.00 bits per heavy atom. The lowest BCUT2D eigenvalue weighted by molar-refractivity contribution is 1.02. The zero-order chi connectivity index (χ0) is 9.62. The molecule has 0 radical (unpaired) electrons. The number of hydrogen-bond acceptors (Lipinski definition) is 0. The van der Waals surface area contributed by atoms with Gasteiger partial charge in [0.25, 0.3) is 0 Å². The molecule has 1 rings (SSSR count). The molecule has 0 bridgehead atoms. The van der Waals surface area contributed by atoms with E-state index in [2.05, 4.69) is 39.3 Å². The fraction of sp³-hybridized carbons (Fsp3) is 1.00. The highest BCUT2D eigenvalue weighted by molar-refractivity contribution is 7.69. The third-order valence-electron chi connectivity index (χ3n) is 4.99. The van der Waals surface area contributed by atoms with Crippen LogP contribution in [0.5, 0.6) is 0 Å². The van der Waals surface area contributed by atoms with Gasteiger partial charge in [-0.2, -0.15) is 0 Å². The monoisotopic (exact) mass is 216 g/mol. The van der Waals surface area contributed by atoms with Gasteiger partial charge in [-0.3, -0.25) is 0 Å². The molecular weight excluding hydrogens is 192 g/mol. The molecule has 0 atom stereocenters. The van der Waals surface area contributed by atoms with Crippen LogP contribution in [-0.2, 0) is 0 Å². The van der Waals surface area contributed by atoms with Crippen LogP contribution in [0.15, 0.2) is 0 Å². The van der Waals surface area contributed by atoms with E-state index in [1.807, 2.05) is 0 Å². The molecule has 0 saturated carbocycles. The zero-order valence-electron chi connectivity index (χ0n) is 9.62. The summed E-state index contributed by atoms with van der Waals surface area (Å²) in [4.78, 5) is 0. The first kappa shape index (κ1) is 10.7. The van der Waals surface area contributed by atoms with Crippen LogP contribution in [0, 0.1) is 0 Å². The van der Waals surface area contributed by atoms with Gasteiger partial charge >= 0.3 is 0 Å². The molecule has 0 N–H and O–H groups in total. The molecular formula is C9H24Si3. The summed E-state index contributed by atoms with van der Waals surface area (Å²) in [6.07, 6.45) is 1.56. The smallest absolute Gasteiger partial charge is 0.0387 e. The quantitative estimate of drug-likeness (QED) is 0.542. The summed E-state index contributed by atoms with van der Waals surface area (Å²) in [7, 11) is -2.27. The first-order valence-corrected chi connectivity index (χ1v) is 16.6. The first-order chi connectivity index (χ1) is 5.21. The van der Waals surface area contributed by atoms with E-state index in [1.165, 1.54) is 0 Å². The first-order valence-electron chi connectivity index (χ1n) is 5.21. The molecule has 72 valence electrons. The van der Waals surface area contributed by atoms with Gasteiger partial charge in [0.2, 0.25) is 0 Å². The predicted octanol–water partition coefficient (Wildman–Crippen LogP) is 3.67. The van der Waals surface area contributed by atoms with Crippen LogP contribution in [-0.4, -0.2) is 22.3 Å². The van der Waals surface area contributed by atoms with Gasteiger partial charge in [-0.25, -0.2) is 0 Å². The van der Waals surface area contributed by atoms with Crippen molar-refractivity contribution >= 4 is 22.3 Å². The molecule has 1 saturated heterocycles. The van der Waals surface area contributed by atoms with Crippen molar-refractivity contribution in [1.29, 1.82) is 0 Å². The lowest BCUT2D eigenvalue weighted by Gasteiger charge is -2.52. The largest absolute Gasteiger partial charge is 0.0731 e. The molecule has 1 aliphatic heterocycles. The van der Waals surface area contributed by atoms with Crippen LogP contribution in [0.1, 0.15) is 6.42 Å². The summed E-state index contributed by atoms with van der Waals surface area (Å²) in [6, 6.07) is 3.26. The molecule has 1 aliphatic rings. The maximum atomic E-state index is 2.70. The molecule has 0 aliphatic carbocycles. The second-order valence-corrected chi connectivity index (χ2v) is 35.2. The summed E-state index contributed by atoms with van der Waals surface area (Å²) in [6.45, 7) is 16.0. The third-order valence-corrected chi connectivity index (χ3v) is 48.9. The van der Waals surface area contributed by atoms with E-state index >= 15 is 0 Å². The van der Waals surface area contributed by atoms with Gasteiger partial charge in [0.15, 0.2) is 0 Å². The minimum absolute atomic E-state index is 0.753. The maximum Gasteiger partial charge on any atom is 0.0387 e. The van der Waals surface area contributed by atoms with Crippen molar-refractivity contribution in [3.8, 4) is 0 Å². The van der Waals surface area contributed by atoms with Gasteiger partial charge in [0, 0.05) is 22.3 Å². The normalized spacial score (nSPS) is 31.5. The molecule has 0 nitrogen and oxygen atoms in total. The molecule has 0 aromatic heterocycles. The van der Waals surface area contributed by atoms with Gasteiger partial charge in [-0.1, -0.05) is 57.8 Å². The van der Waals surface area contributed by atoms with Crippen LogP contribution in [0.4, 0.5) is 0 Å². The van der Waals surface area contributed by atoms with Crippen LogP contribution < -0.4 is 0 Å². The third kappa shape index (κ3) is 1.40. The second kappa shape index (κ2) is 2.82. The minimum Gasteiger partial charge on any atom is -0.0731 e. The van der Waals surface area contributed by atoms with Crippen molar-refractivity contribution in [3.63, 3.8) is 0 Å². The van der Waals surface area contributed by atoms with E-state index < -0.39 is 22.3 Å². The van der Waals surface area contributed by atoms with Crippen LogP contribution in [0.2, 0.25) is 51.4 Å². The van der Waals surface area contributed by atoms with E-state index in [-0.39, 0.29) is 0 Å². The topological polar surface area (TPSA) is 0 Å². The lowest BCUT2D eigenvalue weighted by atomic mass is 10.6. The molecule has 0 amide bonds. The minimum atomic E-state index is -0.768. The van der Waals surface area contributed by atoms with Crippen LogP contribution in [0.3, 0.4) is 0 Å². The average Bonchev–Trinajstić information content (AvgIpc) is 1.83. The van der Waals surface area contributed by atoms with Crippen molar-refractivity contribution < 1.29 is 0 Å². The second-order valence-electron chi connectivity index (χ2n) is 6.25. The molecule has 3 heteroatoms. The Hall–Kier alpha value is 0.651. The highest BCUT2D eigenvalue weighted by Gasteiger charge is 2.53. The SMILES string of the molecule is C[Si]1(C)CCC[Si](C)(C)[Si]1(C)C. The predicted molar refractivity (Wildman–Crippen MR) is 66.7 cm³/mol. The van der Waals surface area contributed by atoms with E-state index in [0.29, 0.717) is 0 Å². The standard InChI is InChI=1S/C9H24Si3/c1-10(2)8-7-9-11(3,4)12(10,5)6/h7-9H2,1-6H3. The Morgan fingerprint density at radius 3 is 1.25 bits per heavy atom. The Balaban J connectivity index is 2.99. The van der Waals surface area contributed by atoms with Crippen LogP contribution >= 0.6 is 0 Å². The molecule has 1 fully saturated rings. The van der Waals surface area contributed by atoms with Gasteiger partial charge < -0.3 is 0 Å². The van der Waals surface area contributed by atoms with Gasteiger partial charge in [0.05, 0.1) is 0 Å². The molecule has 0 aromatic carbocycles. The van der Waals surface area contributed by atoms with Crippen molar-refractivity contribution in [2.24, 2.45) is 0 Å². The Morgan fingerprint density at radius 1 is 0.667 bits per heavy atom. The lowest BCUT2D eigenvalue weighted by Crippen LogP contribution is -2.72. The number of hydrogen-bond donors (Lipinski definition) is 0. The van der Waals surface area contributed by atoms with Crippen molar-refractivity contribution in [1.82, 2.24) is 0 Å². The van der Waals surface area contributed by atoms with E-state index in [1.54, 1.807) is 18.5 Å². The van der Waals surface area contributed by atoms with E-state index in [9.17, 15) is 0 Å². The van der Waals surface area contributed by atoms with Crippen molar-refractivity contribution in [3.05, 3.63) is 0 Å². The highest BCUT2D eigenvalue weighted by atomic mass is 29.6.